The molecule has 1 saturated heterocycles. The zero-order chi connectivity index (χ0) is 24.3. The number of pyridine rings is 1. The fraction of sp³-hybridized carbons (Fsp3) is 0.429. The van der Waals surface area contributed by atoms with Gasteiger partial charge in [0.2, 0.25) is 11.8 Å². The van der Waals surface area contributed by atoms with Crippen molar-refractivity contribution in [3.8, 4) is 0 Å². The van der Waals surface area contributed by atoms with Gasteiger partial charge in [0, 0.05) is 28.1 Å². The number of aromatic nitrogens is 1. The van der Waals surface area contributed by atoms with Gasteiger partial charge in [-0.25, -0.2) is 9.78 Å². The summed E-state index contributed by atoms with van der Waals surface area (Å²) < 4.78 is 1.93. The average Bonchev–Trinajstić information content (AvgIpc) is 3.30. The molecular weight excluding hydrogens is 578 g/mol. The maximum Gasteiger partial charge on any atom is 0.407 e. The van der Waals surface area contributed by atoms with Crippen LogP contribution in [0.2, 0.25) is 0 Å². The minimum atomic E-state index is -1.14. The van der Waals surface area contributed by atoms with Crippen molar-refractivity contribution in [2.24, 2.45) is 5.92 Å². The van der Waals surface area contributed by atoms with Crippen LogP contribution in [0.3, 0.4) is 0 Å². The van der Waals surface area contributed by atoms with Gasteiger partial charge in [0.05, 0.1) is 3.79 Å². The Morgan fingerprint density at radius 3 is 2.70 bits per heavy atom. The molecular formula is C21H25Br2N5O4S. The molecule has 1 aliphatic rings. The summed E-state index contributed by atoms with van der Waals surface area (Å²) >= 11 is 8.51. The number of carbonyl (C=O) groups is 3. The van der Waals surface area contributed by atoms with E-state index in [9.17, 15) is 19.5 Å². The van der Waals surface area contributed by atoms with E-state index in [1.807, 2.05) is 6.07 Å². The van der Waals surface area contributed by atoms with E-state index in [-0.39, 0.29) is 24.9 Å². The third-order valence-electron chi connectivity index (χ3n) is 5.54. The maximum absolute atomic E-state index is 12.9. The Bertz CT molecular complexity index is 1040. The molecule has 1 aliphatic heterocycles. The molecule has 0 bridgehead atoms. The van der Waals surface area contributed by atoms with Crippen molar-refractivity contribution < 1.29 is 19.5 Å². The molecule has 2 aromatic heterocycles. The Morgan fingerprint density at radius 1 is 1.36 bits per heavy atom. The summed E-state index contributed by atoms with van der Waals surface area (Å²) in [5.41, 5.74) is 7.18. The van der Waals surface area contributed by atoms with Gasteiger partial charge in [0.25, 0.3) is 0 Å². The fourth-order valence-electron chi connectivity index (χ4n) is 3.81. The molecule has 3 rings (SSSR count). The highest BCUT2D eigenvalue weighted by Crippen LogP contribution is 2.35. The highest BCUT2D eigenvalue weighted by atomic mass is 79.9. The Kier molecular flexibility index (Phi) is 8.35. The van der Waals surface area contributed by atoms with E-state index < -0.39 is 24.1 Å². The number of nitrogens with zero attached hydrogens (tertiary/aromatic N) is 2. The minimum absolute atomic E-state index is 0.0134. The number of thiophene rings is 1. The van der Waals surface area contributed by atoms with E-state index in [1.165, 1.54) is 0 Å². The van der Waals surface area contributed by atoms with Crippen molar-refractivity contribution in [3.63, 3.8) is 0 Å². The van der Waals surface area contributed by atoms with Gasteiger partial charge in [-0.1, -0.05) is 6.07 Å². The Balaban J connectivity index is 1.57. The van der Waals surface area contributed by atoms with Crippen LogP contribution in [0, 0.1) is 12.8 Å². The van der Waals surface area contributed by atoms with Gasteiger partial charge in [0.15, 0.2) is 0 Å². The van der Waals surface area contributed by atoms with Crippen molar-refractivity contribution in [2.45, 2.75) is 45.3 Å². The molecule has 2 aromatic rings. The lowest BCUT2D eigenvalue weighted by Gasteiger charge is -2.22. The van der Waals surface area contributed by atoms with Gasteiger partial charge >= 0.3 is 6.09 Å². The second kappa shape index (κ2) is 10.8. The second-order valence-corrected chi connectivity index (χ2v) is 11.3. The Hall–Kier alpha value is -2.18. The topological polar surface area (TPSA) is 138 Å². The number of carbonyl (C=O) groups excluding carboxylic acids is 2. The van der Waals surface area contributed by atoms with Crippen molar-refractivity contribution >= 4 is 66.9 Å². The van der Waals surface area contributed by atoms with E-state index in [4.69, 9.17) is 5.73 Å². The lowest BCUT2D eigenvalue weighted by atomic mass is 10.0. The molecule has 12 heteroatoms. The van der Waals surface area contributed by atoms with Gasteiger partial charge in [-0.15, -0.1) is 11.3 Å². The molecule has 9 nitrogen and oxygen atoms in total. The van der Waals surface area contributed by atoms with Crippen LogP contribution in [-0.2, 0) is 22.6 Å². The monoisotopic (exact) mass is 601 g/mol. The number of aryl methyl sites for hydroxylation is 1. The van der Waals surface area contributed by atoms with Gasteiger partial charge in [0.1, 0.15) is 17.9 Å². The SMILES string of the molecule is Cc1nc(N)ccc1CNC(=O)C(C)NC(=O)[C@H]1C[C@H](Cc2cc(Br)c(Br)s2)CN1C(=O)O. The fourth-order valence-corrected chi connectivity index (χ4v) is 6.11. The highest BCUT2D eigenvalue weighted by molar-refractivity contribution is 9.13. The third-order valence-corrected chi connectivity index (χ3v) is 8.82. The van der Waals surface area contributed by atoms with Crippen molar-refractivity contribution in [3.05, 3.63) is 42.6 Å². The molecule has 0 spiro atoms. The summed E-state index contributed by atoms with van der Waals surface area (Å²) in [6.45, 7) is 3.88. The summed E-state index contributed by atoms with van der Waals surface area (Å²) in [4.78, 5) is 43.5. The largest absolute Gasteiger partial charge is 0.465 e. The summed E-state index contributed by atoms with van der Waals surface area (Å²) in [7, 11) is 0. The molecule has 0 aliphatic carbocycles. The number of nitrogens with two attached hydrogens (primary N) is 1. The van der Waals surface area contributed by atoms with Crippen LogP contribution in [0.4, 0.5) is 10.6 Å². The van der Waals surface area contributed by atoms with Gasteiger partial charge in [-0.05, 0) is 82.2 Å². The van der Waals surface area contributed by atoms with E-state index >= 15 is 0 Å². The lowest BCUT2D eigenvalue weighted by molar-refractivity contribution is -0.130. The predicted octanol–water partition coefficient (Wildman–Crippen LogP) is 3.29. The summed E-state index contributed by atoms with van der Waals surface area (Å²) in [5.74, 6) is -0.425. The standard InChI is InChI=1S/C21H25Br2N5O4S/c1-10-13(3-4-17(24)26-10)8-25-19(29)11(2)27-20(30)16-6-12(9-28(16)21(31)32)5-14-7-15(22)18(23)33-14/h3-4,7,11-12,16H,5-6,8-9H2,1-2H3,(H2,24,26)(H,25,29)(H,27,30)(H,31,32)/t11?,12-,16+/m0/s1. The number of halogens is 2. The van der Waals surface area contributed by atoms with Crippen LogP contribution < -0.4 is 16.4 Å². The average molecular weight is 603 g/mol. The van der Waals surface area contributed by atoms with E-state index in [0.29, 0.717) is 24.4 Å². The van der Waals surface area contributed by atoms with Crippen LogP contribution in [0.1, 0.15) is 29.5 Å². The maximum atomic E-state index is 12.9. The van der Waals surface area contributed by atoms with E-state index in [2.05, 4.69) is 47.5 Å². The third kappa shape index (κ3) is 6.45. The predicted molar refractivity (Wildman–Crippen MR) is 133 cm³/mol. The number of hydrogen-bond donors (Lipinski definition) is 4. The zero-order valence-electron chi connectivity index (χ0n) is 18.1. The summed E-state index contributed by atoms with van der Waals surface area (Å²) in [5, 5.41) is 15.0. The molecule has 0 radical (unpaired) electrons. The first kappa shape index (κ1) is 25.4. The van der Waals surface area contributed by atoms with Gasteiger partial charge < -0.3 is 21.5 Å². The van der Waals surface area contributed by atoms with Crippen molar-refractivity contribution in [1.82, 2.24) is 20.5 Å². The quantitative estimate of drug-likeness (QED) is 0.384. The summed E-state index contributed by atoms with van der Waals surface area (Å²) in [6.07, 6.45) is -0.0711. The number of amides is 3. The molecule has 1 fully saturated rings. The summed E-state index contributed by atoms with van der Waals surface area (Å²) in [6, 6.07) is 3.79. The molecule has 178 valence electrons. The first-order chi connectivity index (χ1) is 15.5. The van der Waals surface area contributed by atoms with Crippen LogP contribution in [0.5, 0.6) is 0 Å². The lowest BCUT2D eigenvalue weighted by Crippen LogP contribution is -2.51. The molecule has 0 aromatic carbocycles. The number of nitrogens with one attached hydrogen (secondary N) is 2. The first-order valence-corrected chi connectivity index (χ1v) is 12.7. The minimum Gasteiger partial charge on any atom is -0.465 e. The molecule has 3 atom stereocenters. The van der Waals surface area contributed by atoms with E-state index in [1.54, 1.807) is 37.3 Å². The van der Waals surface area contributed by atoms with Crippen LogP contribution in [-0.4, -0.2) is 51.5 Å². The highest BCUT2D eigenvalue weighted by Gasteiger charge is 2.40. The number of hydrogen-bond acceptors (Lipinski definition) is 6. The molecule has 5 N–H and O–H groups in total. The van der Waals surface area contributed by atoms with Crippen LogP contribution >= 0.6 is 43.2 Å². The number of nitrogen functional groups attached to an aromatic ring is 1. The number of likely N-dealkylation sites (tertiary alicyclic amines) is 1. The normalized spacial score (nSPS) is 18.7. The molecule has 1 unspecified atom stereocenters. The Labute approximate surface area is 212 Å². The Morgan fingerprint density at radius 2 is 2.09 bits per heavy atom. The molecule has 0 saturated carbocycles. The van der Waals surface area contributed by atoms with Crippen molar-refractivity contribution in [1.29, 1.82) is 0 Å². The van der Waals surface area contributed by atoms with Crippen LogP contribution in [0.25, 0.3) is 0 Å². The van der Waals surface area contributed by atoms with E-state index in [0.717, 1.165) is 23.6 Å². The molecule has 3 heterocycles. The number of carboxylic acid groups (broad SMARTS) is 1. The second-order valence-electron chi connectivity index (χ2n) is 8.02. The molecule has 3 amide bonds. The number of anilines is 1. The smallest absolute Gasteiger partial charge is 0.407 e. The van der Waals surface area contributed by atoms with Gasteiger partial charge in [-0.2, -0.15) is 0 Å². The first-order valence-electron chi connectivity index (χ1n) is 10.3. The van der Waals surface area contributed by atoms with Crippen molar-refractivity contribution in [2.75, 3.05) is 12.3 Å². The molecule has 33 heavy (non-hydrogen) atoms. The zero-order valence-corrected chi connectivity index (χ0v) is 22.1. The number of rotatable bonds is 7. The van der Waals surface area contributed by atoms with Gasteiger partial charge in [-0.3, -0.25) is 14.5 Å². The van der Waals surface area contributed by atoms with Crippen LogP contribution in [0.15, 0.2) is 26.5 Å².